The summed E-state index contributed by atoms with van der Waals surface area (Å²) in [6.07, 6.45) is 7.19. The van der Waals surface area contributed by atoms with E-state index in [1.807, 2.05) is 22.9 Å². The molecule has 4 aromatic heterocycles. The summed E-state index contributed by atoms with van der Waals surface area (Å²) in [6, 6.07) is 7.12. The first-order chi connectivity index (χ1) is 14.2. The number of fused-ring (bicyclic) bond motifs is 1. The molecular formula is C18H16F2N8O. The molecule has 0 bridgehead atoms. The molecule has 0 aliphatic heterocycles. The van der Waals surface area contributed by atoms with Crippen LogP contribution in [0.4, 0.5) is 20.4 Å². The molecule has 0 radical (unpaired) electrons. The number of ether oxygens (including phenoxy) is 1. The van der Waals surface area contributed by atoms with Gasteiger partial charge >= 0.3 is 6.61 Å². The molecule has 1 aliphatic rings. The monoisotopic (exact) mass is 398 g/mol. The Morgan fingerprint density at radius 1 is 1.17 bits per heavy atom. The zero-order valence-corrected chi connectivity index (χ0v) is 15.0. The van der Waals surface area contributed by atoms with Crippen LogP contribution in [0.15, 0.2) is 42.9 Å². The van der Waals surface area contributed by atoms with Gasteiger partial charge in [0, 0.05) is 12.3 Å². The van der Waals surface area contributed by atoms with Crippen LogP contribution in [0.1, 0.15) is 24.6 Å². The van der Waals surface area contributed by atoms with Crippen LogP contribution >= 0.6 is 0 Å². The fourth-order valence-electron chi connectivity index (χ4n) is 3.27. The number of pyridine rings is 1. The van der Waals surface area contributed by atoms with Crippen molar-refractivity contribution in [3.63, 3.8) is 0 Å². The first kappa shape index (κ1) is 17.5. The Bertz CT molecular complexity index is 1130. The van der Waals surface area contributed by atoms with Crippen molar-refractivity contribution in [3.8, 4) is 5.88 Å². The SMILES string of the molecule is FC(F)Oc1cc(Nc2cnc3cnn([C@H](c4ccccn4)C4CC4)c3n2)n[nH]1. The maximum atomic E-state index is 12.3. The maximum Gasteiger partial charge on any atom is 0.388 e. The zero-order chi connectivity index (χ0) is 19.8. The Morgan fingerprint density at radius 2 is 2.07 bits per heavy atom. The van der Waals surface area contributed by atoms with E-state index in [0.29, 0.717) is 22.9 Å². The highest BCUT2D eigenvalue weighted by atomic mass is 19.3. The van der Waals surface area contributed by atoms with Crippen molar-refractivity contribution in [1.82, 2.24) is 34.9 Å². The van der Waals surface area contributed by atoms with Crippen LogP contribution in [0.5, 0.6) is 5.88 Å². The molecule has 0 aromatic carbocycles. The van der Waals surface area contributed by atoms with E-state index in [1.54, 1.807) is 12.4 Å². The van der Waals surface area contributed by atoms with Crippen molar-refractivity contribution in [2.75, 3.05) is 5.32 Å². The van der Waals surface area contributed by atoms with E-state index in [-0.39, 0.29) is 17.7 Å². The Morgan fingerprint density at radius 3 is 2.83 bits per heavy atom. The third-order valence-electron chi connectivity index (χ3n) is 4.65. The summed E-state index contributed by atoms with van der Waals surface area (Å²) in [5.74, 6) is 0.992. The van der Waals surface area contributed by atoms with E-state index >= 15 is 0 Å². The van der Waals surface area contributed by atoms with Gasteiger partial charge in [0.2, 0.25) is 5.88 Å². The summed E-state index contributed by atoms with van der Waals surface area (Å²) in [7, 11) is 0. The molecule has 9 nitrogen and oxygen atoms in total. The maximum absolute atomic E-state index is 12.3. The number of anilines is 2. The molecule has 1 aliphatic carbocycles. The fraction of sp³-hybridized carbons (Fsp3) is 0.278. The van der Waals surface area contributed by atoms with Crippen molar-refractivity contribution in [2.24, 2.45) is 5.92 Å². The molecular weight excluding hydrogens is 382 g/mol. The molecule has 11 heteroatoms. The summed E-state index contributed by atoms with van der Waals surface area (Å²) in [4.78, 5) is 13.5. The van der Waals surface area contributed by atoms with Crippen LogP contribution in [-0.2, 0) is 0 Å². The summed E-state index contributed by atoms with van der Waals surface area (Å²) in [6.45, 7) is -2.93. The van der Waals surface area contributed by atoms with Crippen molar-refractivity contribution in [2.45, 2.75) is 25.5 Å². The molecule has 4 heterocycles. The molecule has 4 aromatic rings. The van der Waals surface area contributed by atoms with Crippen molar-refractivity contribution < 1.29 is 13.5 Å². The minimum absolute atomic E-state index is 0.0188. The Kier molecular flexibility index (Phi) is 4.26. The van der Waals surface area contributed by atoms with Crippen LogP contribution in [0, 0.1) is 5.92 Å². The van der Waals surface area contributed by atoms with Crippen LogP contribution in [-0.4, -0.2) is 41.5 Å². The first-order valence-corrected chi connectivity index (χ1v) is 9.06. The molecule has 0 amide bonds. The highest BCUT2D eigenvalue weighted by Crippen LogP contribution is 2.43. The molecule has 1 fully saturated rings. The second-order valence-corrected chi connectivity index (χ2v) is 6.71. The predicted octanol–water partition coefficient (Wildman–Crippen LogP) is 3.29. The van der Waals surface area contributed by atoms with Crippen molar-refractivity contribution in [3.05, 3.63) is 48.5 Å². The zero-order valence-electron chi connectivity index (χ0n) is 15.0. The quantitative estimate of drug-likeness (QED) is 0.492. The summed E-state index contributed by atoms with van der Waals surface area (Å²) < 4.78 is 30.7. The number of halogens is 2. The van der Waals surface area contributed by atoms with Gasteiger partial charge in [-0.05, 0) is 30.9 Å². The third kappa shape index (κ3) is 3.58. The summed E-state index contributed by atoms with van der Waals surface area (Å²) >= 11 is 0. The smallest absolute Gasteiger partial charge is 0.388 e. The lowest BCUT2D eigenvalue weighted by Crippen LogP contribution is -2.16. The topological polar surface area (TPSA) is 106 Å². The van der Waals surface area contributed by atoms with E-state index in [9.17, 15) is 8.78 Å². The van der Waals surface area contributed by atoms with Gasteiger partial charge in [-0.25, -0.2) is 19.7 Å². The highest BCUT2D eigenvalue weighted by Gasteiger charge is 2.36. The van der Waals surface area contributed by atoms with Gasteiger partial charge in [0.1, 0.15) is 5.52 Å². The molecule has 2 N–H and O–H groups in total. The van der Waals surface area contributed by atoms with E-state index in [0.717, 1.165) is 18.5 Å². The van der Waals surface area contributed by atoms with Crippen LogP contribution in [0.3, 0.4) is 0 Å². The summed E-state index contributed by atoms with van der Waals surface area (Å²) in [5, 5.41) is 13.7. The third-order valence-corrected chi connectivity index (χ3v) is 4.65. The lowest BCUT2D eigenvalue weighted by Gasteiger charge is -2.17. The number of nitrogens with zero attached hydrogens (tertiary/aromatic N) is 6. The van der Waals surface area contributed by atoms with Gasteiger partial charge in [0.25, 0.3) is 0 Å². The number of hydrogen-bond acceptors (Lipinski definition) is 7. The number of aromatic nitrogens is 7. The Hall–Kier alpha value is -3.63. The first-order valence-electron chi connectivity index (χ1n) is 9.06. The number of hydrogen-bond donors (Lipinski definition) is 2. The largest absolute Gasteiger partial charge is 0.417 e. The van der Waals surface area contributed by atoms with Crippen LogP contribution in [0.2, 0.25) is 0 Å². The number of rotatable bonds is 7. The average Bonchev–Trinajstić information content (AvgIpc) is 3.32. The van der Waals surface area contributed by atoms with Gasteiger partial charge in [0.05, 0.1) is 24.1 Å². The molecule has 1 atom stereocenters. The van der Waals surface area contributed by atoms with Gasteiger partial charge in [-0.1, -0.05) is 6.07 Å². The Labute approximate surface area is 163 Å². The minimum Gasteiger partial charge on any atom is -0.417 e. The number of aromatic amines is 1. The van der Waals surface area contributed by atoms with E-state index < -0.39 is 6.61 Å². The van der Waals surface area contributed by atoms with Gasteiger partial charge in [-0.2, -0.15) is 19.0 Å². The minimum atomic E-state index is -2.93. The van der Waals surface area contributed by atoms with Gasteiger partial charge in [-0.3, -0.25) is 4.98 Å². The van der Waals surface area contributed by atoms with E-state index in [2.05, 4.69) is 40.3 Å². The molecule has 0 saturated heterocycles. The van der Waals surface area contributed by atoms with Gasteiger partial charge in [-0.15, -0.1) is 0 Å². The molecule has 5 rings (SSSR count). The van der Waals surface area contributed by atoms with Crippen molar-refractivity contribution >= 4 is 22.8 Å². The van der Waals surface area contributed by atoms with Crippen LogP contribution < -0.4 is 10.1 Å². The van der Waals surface area contributed by atoms with E-state index in [4.69, 9.17) is 0 Å². The summed E-state index contributed by atoms with van der Waals surface area (Å²) in [5.41, 5.74) is 2.19. The molecule has 0 unspecified atom stereocenters. The average molecular weight is 398 g/mol. The standard InChI is InChI=1S/C18H16F2N8O/c19-18(20)29-15-7-13(26-27-15)24-14-9-22-12-8-23-28(17(12)25-14)16(10-4-5-10)11-3-1-2-6-21-11/h1-3,6-10,16,18H,4-5H2,(H2,24,25,26,27)/t16-/m0/s1. The number of nitrogens with one attached hydrogen (secondary N) is 2. The number of alkyl halides is 2. The second kappa shape index (κ2) is 7.08. The molecule has 1 saturated carbocycles. The van der Waals surface area contributed by atoms with E-state index in [1.165, 1.54) is 12.3 Å². The predicted molar refractivity (Wildman–Crippen MR) is 98.9 cm³/mol. The van der Waals surface area contributed by atoms with Crippen LogP contribution in [0.25, 0.3) is 11.2 Å². The highest BCUT2D eigenvalue weighted by molar-refractivity contribution is 5.72. The molecule has 148 valence electrons. The second-order valence-electron chi connectivity index (χ2n) is 6.71. The Balaban J connectivity index is 1.46. The number of H-pyrrole nitrogens is 1. The van der Waals surface area contributed by atoms with Crippen molar-refractivity contribution in [1.29, 1.82) is 0 Å². The normalized spacial score (nSPS) is 15.0. The van der Waals surface area contributed by atoms with Gasteiger partial charge in [0.15, 0.2) is 17.3 Å². The lowest BCUT2D eigenvalue weighted by molar-refractivity contribution is -0.0528. The molecule has 0 spiro atoms. The fourth-order valence-corrected chi connectivity index (χ4v) is 3.27. The molecule has 29 heavy (non-hydrogen) atoms. The lowest BCUT2D eigenvalue weighted by atomic mass is 10.1. The van der Waals surface area contributed by atoms with Gasteiger partial charge < -0.3 is 10.1 Å².